The molecule has 1 aliphatic rings. The van der Waals surface area contributed by atoms with Crippen LogP contribution in [0.1, 0.15) is 0 Å². The number of aromatic nitrogens is 4. The molecule has 0 saturated carbocycles. The summed E-state index contributed by atoms with van der Waals surface area (Å²) < 4.78 is 0. The lowest BCUT2D eigenvalue weighted by atomic mass is 10.4. The Kier molecular flexibility index (Phi) is 1.72. The number of H-pyrrole nitrogens is 1. The average molecular weight is 219 g/mol. The molecule has 0 atom stereocenters. The molecule has 2 N–H and O–H groups in total. The van der Waals surface area contributed by atoms with Crippen LogP contribution in [-0.4, -0.2) is 20.4 Å². The first-order valence-electron chi connectivity index (χ1n) is 4.18. The highest BCUT2D eigenvalue weighted by Crippen LogP contribution is 2.40. The Balaban J connectivity index is 2.19. The van der Waals surface area contributed by atoms with Crippen molar-refractivity contribution in [2.45, 2.75) is 9.79 Å². The van der Waals surface area contributed by atoms with E-state index >= 15 is 0 Å². The Bertz CT molecular complexity index is 581. The molecule has 15 heavy (non-hydrogen) atoms. The van der Waals surface area contributed by atoms with Crippen molar-refractivity contribution in [1.82, 2.24) is 20.4 Å². The number of aromatic amines is 1. The van der Waals surface area contributed by atoms with Crippen molar-refractivity contribution in [2.24, 2.45) is 0 Å². The molecule has 3 rings (SSSR count). The van der Waals surface area contributed by atoms with Gasteiger partial charge in [0.05, 0.1) is 34.9 Å². The Morgan fingerprint density at radius 3 is 2.93 bits per heavy atom. The van der Waals surface area contributed by atoms with Crippen LogP contribution in [0.3, 0.4) is 0 Å². The molecular weight excluding hydrogens is 214 g/mol. The monoisotopic (exact) mass is 219 g/mol. The van der Waals surface area contributed by atoms with Crippen molar-refractivity contribution < 1.29 is 0 Å². The van der Waals surface area contributed by atoms with Crippen molar-refractivity contribution in [3.05, 3.63) is 28.9 Å². The van der Waals surface area contributed by atoms with Gasteiger partial charge in [0.15, 0.2) is 0 Å². The molecule has 6 nitrogen and oxygen atoms in total. The van der Waals surface area contributed by atoms with Crippen LogP contribution in [-0.2, 0) is 0 Å². The van der Waals surface area contributed by atoms with Gasteiger partial charge in [-0.3, -0.25) is 4.79 Å². The smallest absolute Gasteiger partial charge is 0.280 e. The first-order valence-corrected chi connectivity index (χ1v) is 4.99. The molecule has 1 aliphatic heterocycles. The highest BCUT2D eigenvalue weighted by atomic mass is 32.2. The molecule has 2 aromatic heterocycles. The van der Waals surface area contributed by atoms with Crippen LogP contribution in [0.5, 0.6) is 0 Å². The fraction of sp³-hybridized carbons (Fsp3) is 0. The van der Waals surface area contributed by atoms with Gasteiger partial charge in [0.1, 0.15) is 4.90 Å². The number of nitrogens with zero attached hydrogens (tertiary/aromatic N) is 3. The molecule has 0 spiro atoms. The molecule has 0 saturated heterocycles. The third kappa shape index (κ3) is 1.28. The Labute approximate surface area is 88.1 Å². The normalized spacial score (nSPS) is 12.5. The van der Waals surface area contributed by atoms with Crippen LogP contribution in [0.15, 0.2) is 33.2 Å². The number of anilines is 2. The average Bonchev–Trinajstić information content (AvgIpc) is 2.27. The van der Waals surface area contributed by atoms with Crippen molar-refractivity contribution in [3.63, 3.8) is 0 Å². The molecular formula is C8H5N5OS. The predicted octanol–water partition coefficient (Wildman–Crippen LogP) is 0.768. The summed E-state index contributed by atoms with van der Waals surface area (Å²) in [5.41, 5.74) is 1.34. The van der Waals surface area contributed by atoms with Crippen LogP contribution < -0.4 is 10.9 Å². The highest BCUT2D eigenvalue weighted by molar-refractivity contribution is 7.99. The molecule has 3 heterocycles. The second-order valence-corrected chi connectivity index (χ2v) is 3.99. The maximum absolute atomic E-state index is 11.5. The van der Waals surface area contributed by atoms with Crippen LogP contribution >= 0.6 is 11.8 Å². The molecule has 0 fully saturated rings. The molecule has 0 amide bonds. The van der Waals surface area contributed by atoms with Gasteiger partial charge in [-0.1, -0.05) is 11.8 Å². The quantitative estimate of drug-likeness (QED) is 0.581. The maximum atomic E-state index is 11.5. The minimum absolute atomic E-state index is 0.201. The summed E-state index contributed by atoms with van der Waals surface area (Å²) in [6.45, 7) is 0. The van der Waals surface area contributed by atoms with Crippen molar-refractivity contribution in [3.8, 4) is 0 Å². The van der Waals surface area contributed by atoms with E-state index in [-0.39, 0.29) is 5.56 Å². The predicted molar refractivity (Wildman–Crippen MR) is 54.3 cm³/mol. The number of fused-ring (bicyclic) bond motifs is 2. The molecule has 0 bridgehead atoms. The highest BCUT2D eigenvalue weighted by Gasteiger charge is 2.18. The summed E-state index contributed by atoms with van der Waals surface area (Å²) >= 11 is 1.36. The van der Waals surface area contributed by atoms with Crippen molar-refractivity contribution in [2.75, 3.05) is 5.32 Å². The number of hydrogen-bond acceptors (Lipinski definition) is 6. The number of rotatable bonds is 0. The number of hydrogen-bond donors (Lipinski definition) is 2. The van der Waals surface area contributed by atoms with Crippen molar-refractivity contribution in [1.29, 1.82) is 0 Å². The lowest BCUT2D eigenvalue weighted by Gasteiger charge is -2.17. The van der Waals surface area contributed by atoms with E-state index in [1.807, 2.05) is 0 Å². The van der Waals surface area contributed by atoms with Gasteiger partial charge in [0, 0.05) is 0 Å². The standard InChI is InChI=1S/C8H5N5OS/c14-8-7-5(2-11-13-8)12-4-1-9-10-3-6(4)15-7/h1-3,12H,(H,13,14). The second kappa shape index (κ2) is 3.06. The largest absolute Gasteiger partial charge is 0.351 e. The van der Waals surface area contributed by atoms with E-state index in [1.165, 1.54) is 11.8 Å². The minimum Gasteiger partial charge on any atom is -0.351 e. The Morgan fingerprint density at radius 2 is 2.00 bits per heavy atom. The van der Waals surface area contributed by atoms with E-state index < -0.39 is 0 Å². The van der Waals surface area contributed by atoms with Gasteiger partial charge < -0.3 is 5.32 Å². The van der Waals surface area contributed by atoms with E-state index in [9.17, 15) is 4.79 Å². The van der Waals surface area contributed by atoms with E-state index in [1.54, 1.807) is 18.6 Å². The molecule has 74 valence electrons. The Hall–Kier alpha value is -1.89. The molecule has 0 aromatic carbocycles. The second-order valence-electron chi connectivity index (χ2n) is 2.94. The summed E-state index contributed by atoms with van der Waals surface area (Å²) in [7, 11) is 0. The van der Waals surface area contributed by atoms with Crippen LogP contribution in [0.25, 0.3) is 0 Å². The van der Waals surface area contributed by atoms with Crippen LogP contribution in [0.2, 0.25) is 0 Å². The van der Waals surface area contributed by atoms with Gasteiger partial charge >= 0.3 is 0 Å². The third-order valence-corrected chi connectivity index (χ3v) is 3.14. The van der Waals surface area contributed by atoms with Gasteiger partial charge in [-0.2, -0.15) is 15.3 Å². The molecule has 7 heteroatoms. The van der Waals surface area contributed by atoms with Gasteiger partial charge in [-0.15, -0.1) is 0 Å². The first-order chi connectivity index (χ1) is 7.34. The third-order valence-electron chi connectivity index (χ3n) is 1.99. The van der Waals surface area contributed by atoms with E-state index in [4.69, 9.17) is 0 Å². The SMILES string of the molecule is O=c1[nH]ncc2c1Sc1cnncc1N2. The lowest BCUT2D eigenvalue weighted by molar-refractivity contribution is 0.939. The maximum Gasteiger partial charge on any atom is 0.280 e. The van der Waals surface area contributed by atoms with E-state index in [0.717, 1.165) is 10.6 Å². The molecule has 0 unspecified atom stereocenters. The topological polar surface area (TPSA) is 83.6 Å². The fourth-order valence-electron chi connectivity index (χ4n) is 1.32. The zero-order valence-corrected chi connectivity index (χ0v) is 8.21. The van der Waals surface area contributed by atoms with Gasteiger partial charge in [0.2, 0.25) is 0 Å². The summed E-state index contributed by atoms with van der Waals surface area (Å²) in [5, 5.41) is 16.7. The zero-order chi connectivity index (χ0) is 10.3. The minimum atomic E-state index is -0.201. The van der Waals surface area contributed by atoms with E-state index in [0.29, 0.717) is 10.6 Å². The van der Waals surface area contributed by atoms with Gasteiger partial charge in [0.25, 0.3) is 5.56 Å². The molecule has 2 aromatic rings. The van der Waals surface area contributed by atoms with Gasteiger partial charge in [-0.25, -0.2) is 5.10 Å². The number of nitrogens with one attached hydrogen (secondary N) is 2. The summed E-state index contributed by atoms with van der Waals surface area (Å²) in [6, 6.07) is 0. The fourth-order valence-corrected chi connectivity index (χ4v) is 2.20. The van der Waals surface area contributed by atoms with Crippen molar-refractivity contribution >= 4 is 23.1 Å². The zero-order valence-electron chi connectivity index (χ0n) is 7.39. The summed E-state index contributed by atoms with van der Waals surface area (Å²) in [4.78, 5) is 12.9. The molecule has 0 radical (unpaired) electrons. The molecule has 0 aliphatic carbocycles. The summed E-state index contributed by atoms with van der Waals surface area (Å²) in [6.07, 6.45) is 4.81. The summed E-state index contributed by atoms with van der Waals surface area (Å²) in [5.74, 6) is 0. The first kappa shape index (κ1) is 8.42. The van der Waals surface area contributed by atoms with E-state index in [2.05, 4.69) is 25.7 Å². The Morgan fingerprint density at radius 1 is 1.13 bits per heavy atom. The van der Waals surface area contributed by atoms with Gasteiger partial charge in [-0.05, 0) is 0 Å². The van der Waals surface area contributed by atoms with Crippen LogP contribution in [0, 0.1) is 0 Å². The lowest BCUT2D eigenvalue weighted by Crippen LogP contribution is -2.15. The van der Waals surface area contributed by atoms with Crippen LogP contribution in [0.4, 0.5) is 11.4 Å².